The van der Waals surface area contributed by atoms with Crippen molar-refractivity contribution in [2.45, 2.75) is 51.7 Å². The van der Waals surface area contributed by atoms with E-state index in [1.807, 2.05) is 30.6 Å². The molecule has 3 aromatic heterocycles. The molecule has 6 aromatic carbocycles. The Morgan fingerprint density at radius 1 is 0.656 bits per heavy atom. The van der Waals surface area contributed by atoms with Gasteiger partial charge in [-0.3, -0.25) is 0 Å². The Morgan fingerprint density at radius 3 is 1.92 bits per heavy atom. The Kier molecular flexibility index (Phi) is 10.4. The van der Waals surface area contributed by atoms with E-state index in [-0.39, 0.29) is 0 Å². The molecule has 0 saturated carbocycles. The highest BCUT2D eigenvalue weighted by Crippen LogP contribution is 2.40. The second-order valence-corrected chi connectivity index (χ2v) is 16.1. The van der Waals surface area contributed by atoms with Crippen molar-refractivity contribution in [1.29, 1.82) is 0 Å². The van der Waals surface area contributed by atoms with E-state index >= 15 is 0 Å². The Balaban J connectivity index is 0.962. The molecule has 61 heavy (non-hydrogen) atoms. The number of rotatable bonds is 13. The second-order valence-electron chi connectivity index (χ2n) is 16.1. The van der Waals surface area contributed by atoms with Crippen molar-refractivity contribution in [3.63, 3.8) is 0 Å². The average Bonchev–Trinajstić information content (AvgIpc) is 4.16. The van der Waals surface area contributed by atoms with Crippen LogP contribution in [-0.4, -0.2) is 63.8 Å². The molecule has 0 bridgehead atoms. The van der Waals surface area contributed by atoms with Crippen LogP contribution in [0.5, 0.6) is 0 Å². The molecule has 0 aliphatic carbocycles. The number of benzene rings is 6. The third kappa shape index (κ3) is 7.25. The zero-order valence-corrected chi connectivity index (χ0v) is 34.8. The normalized spacial score (nSPS) is 13.3. The van der Waals surface area contributed by atoms with Crippen LogP contribution in [0.4, 0.5) is 0 Å². The minimum absolute atomic E-state index is 0.562. The maximum absolute atomic E-state index is 5.22. The van der Waals surface area contributed by atoms with Crippen molar-refractivity contribution in [2.24, 2.45) is 0 Å². The standard InChI is InChI=1S/C52H49N9/c1-3-49-54-50-38(2)33-41(47-36-59(37-53-47)32-31-58-29-15-16-30-58)34-48(50)60(49)35-39-25-27-40(28-26-39)45-23-13-14-24-46(45)51-55-57-61(56-51)52(42-17-7-4-8-18-42,43-19-9-5-10-20-43)44-21-11-6-12-22-44/h4-14,17-28,33-34,36-37H,3,15-16,29-32,35H2,1-2H3. The van der Waals surface area contributed by atoms with E-state index in [1.54, 1.807) is 4.80 Å². The molecule has 10 rings (SSSR count). The Labute approximate surface area is 357 Å². The lowest BCUT2D eigenvalue weighted by Gasteiger charge is -2.34. The second kappa shape index (κ2) is 16.6. The molecule has 0 N–H and O–H groups in total. The summed E-state index contributed by atoms with van der Waals surface area (Å²) in [7, 11) is 0. The fraction of sp³-hybridized carbons (Fsp3) is 0.212. The summed E-state index contributed by atoms with van der Waals surface area (Å²) in [6, 6.07) is 53.1. The van der Waals surface area contributed by atoms with Crippen LogP contribution in [0.3, 0.4) is 0 Å². The van der Waals surface area contributed by atoms with Gasteiger partial charge in [0.15, 0.2) is 5.54 Å². The van der Waals surface area contributed by atoms with Gasteiger partial charge in [-0.2, -0.15) is 0 Å². The molecular weight excluding hydrogens is 751 g/mol. The third-order valence-corrected chi connectivity index (χ3v) is 12.3. The number of aryl methyl sites for hydroxylation is 2. The van der Waals surface area contributed by atoms with Crippen molar-refractivity contribution >= 4 is 11.0 Å². The lowest BCUT2D eigenvalue weighted by molar-refractivity contribution is 0.322. The average molecular weight is 800 g/mol. The fourth-order valence-electron chi connectivity index (χ4n) is 9.18. The van der Waals surface area contributed by atoms with Gasteiger partial charge in [-0.05, 0) is 89.1 Å². The number of fused-ring (bicyclic) bond motifs is 1. The topological polar surface area (TPSA) is 82.5 Å². The summed E-state index contributed by atoms with van der Waals surface area (Å²) >= 11 is 0. The number of hydrogen-bond donors (Lipinski definition) is 0. The molecule has 0 unspecified atom stereocenters. The molecule has 1 saturated heterocycles. The van der Waals surface area contributed by atoms with Crippen molar-refractivity contribution in [2.75, 3.05) is 19.6 Å². The highest BCUT2D eigenvalue weighted by atomic mass is 15.6. The van der Waals surface area contributed by atoms with Crippen LogP contribution in [0.2, 0.25) is 0 Å². The van der Waals surface area contributed by atoms with Gasteiger partial charge in [0, 0.05) is 43.4 Å². The molecule has 9 nitrogen and oxygen atoms in total. The molecule has 9 heteroatoms. The van der Waals surface area contributed by atoms with Crippen molar-refractivity contribution in [3.05, 3.63) is 198 Å². The SMILES string of the molecule is CCc1nc2c(C)cc(-c3cn(CCN4CCCC4)cn3)cc2n1Cc1ccc(-c2ccccc2-c2nnn(C(c3ccccc3)(c3ccccc3)c3ccccc3)n2)cc1. The molecule has 302 valence electrons. The Bertz CT molecular complexity index is 2790. The number of imidazole rings is 2. The summed E-state index contributed by atoms with van der Waals surface area (Å²) in [5, 5.41) is 14.8. The molecule has 0 radical (unpaired) electrons. The highest BCUT2D eigenvalue weighted by Gasteiger charge is 2.41. The Hall–Kier alpha value is -6.97. The lowest BCUT2D eigenvalue weighted by atomic mass is 9.77. The molecule has 1 aliphatic rings. The first-order valence-corrected chi connectivity index (χ1v) is 21.5. The van der Waals surface area contributed by atoms with Crippen molar-refractivity contribution < 1.29 is 0 Å². The molecule has 0 atom stereocenters. The van der Waals surface area contributed by atoms with Crippen LogP contribution in [0.15, 0.2) is 164 Å². The largest absolute Gasteiger partial charge is 0.336 e. The van der Waals surface area contributed by atoms with Gasteiger partial charge in [-0.1, -0.05) is 146 Å². The summed E-state index contributed by atoms with van der Waals surface area (Å²) in [5.41, 5.74) is 12.0. The quantitative estimate of drug-likeness (QED) is 0.108. The summed E-state index contributed by atoms with van der Waals surface area (Å²) < 4.78 is 4.60. The monoisotopic (exact) mass is 799 g/mol. The smallest absolute Gasteiger partial charge is 0.205 e. The first kappa shape index (κ1) is 38.2. The van der Waals surface area contributed by atoms with E-state index in [0.717, 1.165) is 81.0 Å². The lowest BCUT2D eigenvalue weighted by Crippen LogP contribution is -2.39. The molecule has 1 aliphatic heterocycles. The number of nitrogens with zero attached hydrogens (tertiary/aromatic N) is 9. The van der Waals surface area contributed by atoms with Crippen LogP contribution in [0.1, 0.15) is 53.4 Å². The molecule has 4 heterocycles. The zero-order chi connectivity index (χ0) is 41.2. The molecule has 1 fully saturated rings. The van der Waals surface area contributed by atoms with Gasteiger partial charge < -0.3 is 14.0 Å². The van der Waals surface area contributed by atoms with Crippen LogP contribution in [-0.2, 0) is 25.0 Å². The van der Waals surface area contributed by atoms with Gasteiger partial charge in [-0.15, -0.1) is 15.0 Å². The van der Waals surface area contributed by atoms with E-state index in [1.165, 1.54) is 37.1 Å². The summed E-state index contributed by atoms with van der Waals surface area (Å²) in [6.07, 6.45) is 7.63. The van der Waals surface area contributed by atoms with Gasteiger partial charge >= 0.3 is 0 Å². The minimum Gasteiger partial charge on any atom is -0.336 e. The van der Waals surface area contributed by atoms with Gasteiger partial charge in [-0.25, -0.2) is 9.97 Å². The minimum atomic E-state index is -0.853. The maximum atomic E-state index is 5.22. The zero-order valence-electron chi connectivity index (χ0n) is 34.8. The molecule has 9 aromatic rings. The maximum Gasteiger partial charge on any atom is 0.205 e. The highest BCUT2D eigenvalue weighted by molar-refractivity contribution is 5.85. The van der Waals surface area contributed by atoms with Crippen molar-refractivity contribution in [3.8, 4) is 33.8 Å². The number of tetrazole rings is 1. The van der Waals surface area contributed by atoms with Crippen LogP contribution in [0.25, 0.3) is 44.8 Å². The van der Waals surface area contributed by atoms with Crippen LogP contribution >= 0.6 is 0 Å². The van der Waals surface area contributed by atoms with E-state index in [2.05, 4.69) is 161 Å². The van der Waals surface area contributed by atoms with Crippen LogP contribution < -0.4 is 0 Å². The first-order valence-electron chi connectivity index (χ1n) is 21.5. The van der Waals surface area contributed by atoms with E-state index in [4.69, 9.17) is 25.4 Å². The van der Waals surface area contributed by atoms with E-state index in [9.17, 15) is 0 Å². The van der Waals surface area contributed by atoms with Gasteiger partial charge in [0.25, 0.3) is 0 Å². The fourth-order valence-corrected chi connectivity index (χ4v) is 9.18. The number of hydrogen-bond acceptors (Lipinski definition) is 6. The van der Waals surface area contributed by atoms with Crippen molar-refractivity contribution in [1.82, 2.24) is 44.2 Å². The molecule has 0 amide bonds. The summed E-state index contributed by atoms with van der Waals surface area (Å²) in [6.45, 7) is 9.51. The van der Waals surface area contributed by atoms with Gasteiger partial charge in [0.2, 0.25) is 5.82 Å². The number of aromatic nitrogens is 8. The van der Waals surface area contributed by atoms with Gasteiger partial charge in [0.1, 0.15) is 5.82 Å². The van der Waals surface area contributed by atoms with Crippen LogP contribution in [0, 0.1) is 6.92 Å². The van der Waals surface area contributed by atoms with E-state index < -0.39 is 5.54 Å². The molecular formula is C52H49N9. The molecule has 0 spiro atoms. The number of likely N-dealkylation sites (tertiary alicyclic amines) is 1. The summed E-state index contributed by atoms with van der Waals surface area (Å²) in [4.78, 5) is 14.3. The Morgan fingerprint density at radius 2 is 1.28 bits per heavy atom. The predicted molar refractivity (Wildman–Crippen MR) is 243 cm³/mol. The third-order valence-electron chi connectivity index (χ3n) is 12.3. The van der Waals surface area contributed by atoms with Gasteiger partial charge in [0.05, 0.1) is 23.1 Å². The predicted octanol–water partition coefficient (Wildman–Crippen LogP) is 10.1. The summed E-state index contributed by atoms with van der Waals surface area (Å²) in [5.74, 6) is 1.64. The first-order chi connectivity index (χ1) is 30.1. The van der Waals surface area contributed by atoms with E-state index in [0.29, 0.717) is 12.4 Å².